The summed E-state index contributed by atoms with van der Waals surface area (Å²) in [5, 5.41) is 3.68. The lowest BCUT2D eigenvalue weighted by atomic mass is 10.0. The largest absolute Gasteiger partial charge is 0.463 e. The van der Waals surface area contributed by atoms with Crippen molar-refractivity contribution in [3.63, 3.8) is 0 Å². The number of rotatable bonds is 4. The Morgan fingerprint density at radius 2 is 1.88 bits per heavy atom. The van der Waals surface area contributed by atoms with Crippen molar-refractivity contribution in [1.82, 2.24) is 5.32 Å². The van der Waals surface area contributed by atoms with Crippen molar-refractivity contribution in [2.24, 2.45) is 29.4 Å². The predicted octanol–water partition coefficient (Wildman–Crippen LogP) is 1.87. The molecular weight excluding hydrogens is 212 g/mol. The molecule has 3 N–H and O–H groups in total. The normalized spacial score (nSPS) is 41.8. The number of fused-ring (bicyclic) bond motifs is 5. The smallest absolute Gasteiger partial charge is 0.118 e. The first-order chi connectivity index (χ1) is 8.36. The van der Waals surface area contributed by atoms with Crippen LogP contribution in [0.4, 0.5) is 0 Å². The van der Waals surface area contributed by atoms with E-state index in [1.807, 2.05) is 12.1 Å². The maximum absolute atomic E-state index is 5.61. The Hall–Kier alpha value is -0.800. The van der Waals surface area contributed by atoms with Gasteiger partial charge in [0.2, 0.25) is 0 Å². The van der Waals surface area contributed by atoms with E-state index in [2.05, 4.69) is 5.32 Å². The molecule has 3 aliphatic rings. The summed E-state index contributed by atoms with van der Waals surface area (Å²) in [7, 11) is 0. The number of hydrogen-bond donors (Lipinski definition) is 2. The van der Waals surface area contributed by atoms with Gasteiger partial charge in [-0.15, -0.1) is 0 Å². The highest BCUT2D eigenvalue weighted by Crippen LogP contribution is 2.65. The summed E-state index contributed by atoms with van der Waals surface area (Å²) in [6.45, 7) is 1.37. The van der Waals surface area contributed by atoms with Crippen LogP contribution in [0.25, 0.3) is 0 Å². The molecule has 3 nitrogen and oxygen atoms in total. The van der Waals surface area contributed by atoms with Gasteiger partial charge < -0.3 is 15.5 Å². The van der Waals surface area contributed by atoms with E-state index < -0.39 is 0 Å². The molecule has 3 aliphatic carbocycles. The Bertz CT molecular complexity index is 412. The quantitative estimate of drug-likeness (QED) is 0.833. The molecule has 4 unspecified atom stereocenters. The highest BCUT2D eigenvalue weighted by atomic mass is 16.3. The van der Waals surface area contributed by atoms with Gasteiger partial charge in [0.15, 0.2) is 0 Å². The van der Waals surface area contributed by atoms with E-state index in [4.69, 9.17) is 10.2 Å². The van der Waals surface area contributed by atoms with Gasteiger partial charge in [0.1, 0.15) is 11.5 Å². The van der Waals surface area contributed by atoms with E-state index in [1.54, 1.807) is 0 Å². The molecule has 3 heteroatoms. The molecule has 1 heterocycles. The summed E-state index contributed by atoms with van der Waals surface area (Å²) in [6.07, 6.45) is 4.50. The second-order valence-electron chi connectivity index (χ2n) is 5.97. The maximum atomic E-state index is 5.61. The van der Waals surface area contributed by atoms with Crippen LogP contribution in [-0.2, 0) is 13.1 Å². The average molecular weight is 232 g/mol. The molecule has 1 aromatic heterocycles. The molecule has 0 spiro atoms. The van der Waals surface area contributed by atoms with E-state index in [-0.39, 0.29) is 0 Å². The van der Waals surface area contributed by atoms with Crippen molar-refractivity contribution in [1.29, 1.82) is 0 Å². The Labute approximate surface area is 102 Å². The van der Waals surface area contributed by atoms with E-state index in [0.717, 1.165) is 47.8 Å². The van der Waals surface area contributed by atoms with Crippen molar-refractivity contribution >= 4 is 0 Å². The zero-order valence-corrected chi connectivity index (χ0v) is 10.1. The van der Waals surface area contributed by atoms with E-state index in [1.165, 1.54) is 19.3 Å². The zero-order valence-electron chi connectivity index (χ0n) is 10.1. The van der Waals surface area contributed by atoms with Crippen LogP contribution in [0.15, 0.2) is 16.5 Å². The van der Waals surface area contributed by atoms with Gasteiger partial charge in [-0.25, -0.2) is 0 Å². The van der Waals surface area contributed by atoms with Crippen molar-refractivity contribution < 1.29 is 4.42 Å². The van der Waals surface area contributed by atoms with Gasteiger partial charge in [0, 0.05) is 6.04 Å². The predicted molar refractivity (Wildman–Crippen MR) is 65.0 cm³/mol. The first-order valence-electron chi connectivity index (χ1n) is 6.88. The molecule has 92 valence electrons. The van der Waals surface area contributed by atoms with Crippen molar-refractivity contribution in [3.05, 3.63) is 23.7 Å². The number of nitrogens with two attached hydrogens (primary N) is 1. The summed E-state index contributed by atoms with van der Waals surface area (Å²) in [5.74, 6) is 5.99. The molecule has 0 aliphatic heterocycles. The minimum absolute atomic E-state index is 0.499. The molecule has 0 amide bonds. The minimum Gasteiger partial charge on any atom is -0.463 e. The SMILES string of the molecule is NCc1ccc(CNC2C3C4CCC(C4)C23)o1. The number of nitrogens with one attached hydrogen (secondary N) is 1. The van der Waals surface area contributed by atoms with Crippen LogP contribution < -0.4 is 11.1 Å². The molecule has 0 radical (unpaired) electrons. The molecule has 3 saturated carbocycles. The monoisotopic (exact) mass is 232 g/mol. The van der Waals surface area contributed by atoms with Crippen LogP contribution in [0.5, 0.6) is 0 Å². The Balaban J connectivity index is 1.35. The standard InChI is InChI=1S/C14H20N2O/c15-6-10-3-4-11(17-10)7-16-14-12-8-1-2-9(5-8)13(12)14/h3-4,8-9,12-14,16H,1-2,5-7,15H2. The lowest BCUT2D eigenvalue weighted by molar-refractivity contribution is 0.417. The second kappa shape index (κ2) is 3.59. The van der Waals surface area contributed by atoms with Crippen LogP contribution in [0, 0.1) is 23.7 Å². The molecule has 1 aromatic rings. The fraction of sp³-hybridized carbons (Fsp3) is 0.714. The summed E-state index contributed by atoms with van der Waals surface area (Å²) in [6, 6.07) is 4.81. The molecular formula is C14H20N2O. The first kappa shape index (κ1) is 10.2. The van der Waals surface area contributed by atoms with Crippen LogP contribution in [0.1, 0.15) is 30.8 Å². The van der Waals surface area contributed by atoms with Gasteiger partial charge in [0.25, 0.3) is 0 Å². The third-order valence-corrected chi connectivity index (χ3v) is 5.17. The van der Waals surface area contributed by atoms with Gasteiger partial charge >= 0.3 is 0 Å². The van der Waals surface area contributed by atoms with Crippen LogP contribution in [-0.4, -0.2) is 6.04 Å². The van der Waals surface area contributed by atoms with Crippen molar-refractivity contribution in [3.8, 4) is 0 Å². The van der Waals surface area contributed by atoms with Crippen molar-refractivity contribution in [2.75, 3.05) is 0 Å². The molecule has 3 fully saturated rings. The fourth-order valence-electron chi connectivity index (χ4n) is 4.44. The van der Waals surface area contributed by atoms with Crippen molar-refractivity contribution in [2.45, 2.75) is 38.4 Å². The summed E-state index contributed by atoms with van der Waals surface area (Å²) in [4.78, 5) is 0. The zero-order chi connectivity index (χ0) is 11.4. The topological polar surface area (TPSA) is 51.2 Å². The van der Waals surface area contributed by atoms with Gasteiger partial charge in [-0.1, -0.05) is 0 Å². The highest BCUT2D eigenvalue weighted by molar-refractivity contribution is 5.17. The van der Waals surface area contributed by atoms with Gasteiger partial charge in [-0.05, 0) is 55.1 Å². The summed E-state index contributed by atoms with van der Waals surface area (Å²) >= 11 is 0. The molecule has 0 aromatic carbocycles. The Morgan fingerprint density at radius 3 is 2.53 bits per heavy atom. The summed E-state index contributed by atoms with van der Waals surface area (Å²) in [5.41, 5.74) is 5.54. The van der Waals surface area contributed by atoms with Crippen LogP contribution in [0.3, 0.4) is 0 Å². The molecule has 4 rings (SSSR count). The molecule has 0 saturated heterocycles. The van der Waals surface area contributed by atoms with E-state index in [9.17, 15) is 0 Å². The maximum Gasteiger partial charge on any atom is 0.118 e. The van der Waals surface area contributed by atoms with E-state index >= 15 is 0 Å². The van der Waals surface area contributed by atoms with Gasteiger partial charge in [-0.2, -0.15) is 0 Å². The van der Waals surface area contributed by atoms with Gasteiger partial charge in [0.05, 0.1) is 13.1 Å². The van der Waals surface area contributed by atoms with E-state index in [0.29, 0.717) is 6.54 Å². The minimum atomic E-state index is 0.499. The lowest BCUT2D eigenvalue weighted by Crippen LogP contribution is -2.22. The molecule has 4 atom stereocenters. The van der Waals surface area contributed by atoms with Crippen LogP contribution >= 0.6 is 0 Å². The second-order valence-corrected chi connectivity index (χ2v) is 5.97. The first-order valence-corrected chi connectivity index (χ1v) is 6.88. The number of furan rings is 1. The highest BCUT2D eigenvalue weighted by Gasteiger charge is 2.64. The van der Waals surface area contributed by atoms with Gasteiger partial charge in [-0.3, -0.25) is 0 Å². The molecule has 2 bridgehead atoms. The fourth-order valence-corrected chi connectivity index (χ4v) is 4.44. The van der Waals surface area contributed by atoms with Crippen LogP contribution in [0.2, 0.25) is 0 Å². The number of hydrogen-bond acceptors (Lipinski definition) is 3. The summed E-state index contributed by atoms with van der Waals surface area (Å²) < 4.78 is 5.61. The third-order valence-electron chi connectivity index (χ3n) is 5.17. The average Bonchev–Trinajstić information content (AvgIpc) is 2.81. The third kappa shape index (κ3) is 1.49. The Kier molecular flexibility index (Phi) is 2.15. The molecule has 17 heavy (non-hydrogen) atoms. The Morgan fingerprint density at radius 1 is 1.18 bits per heavy atom. The lowest BCUT2D eigenvalue weighted by Gasteiger charge is -2.09.